The highest BCUT2D eigenvalue weighted by Crippen LogP contribution is 2.16. The molecule has 10 heteroatoms. The Kier molecular flexibility index (Phi) is 6.95. The molecule has 0 saturated carbocycles. The molecule has 140 valence electrons. The lowest BCUT2D eigenvalue weighted by Crippen LogP contribution is -2.27. The minimum Gasteiger partial charge on any atom is -0.355 e. The quantitative estimate of drug-likeness (QED) is 0.480. The number of hydrogen-bond donors (Lipinski definition) is 2. The maximum atomic E-state index is 12.0. The summed E-state index contributed by atoms with van der Waals surface area (Å²) < 4.78 is 24.3. The molecule has 0 unspecified atom stereocenters. The number of thioether (sulfide) groups is 1. The molecule has 8 nitrogen and oxygen atoms in total. The average Bonchev–Trinajstić information content (AvgIpc) is 2.93. The van der Waals surface area contributed by atoms with Crippen LogP contribution in [-0.4, -0.2) is 41.4 Å². The van der Waals surface area contributed by atoms with Crippen LogP contribution in [0.1, 0.15) is 11.4 Å². The lowest BCUT2D eigenvalue weighted by atomic mass is 10.1. The van der Waals surface area contributed by atoms with Gasteiger partial charge in [-0.3, -0.25) is 4.79 Å². The monoisotopic (exact) mass is 395 g/mol. The molecule has 0 fully saturated rings. The van der Waals surface area contributed by atoms with Gasteiger partial charge >= 0.3 is 0 Å². The van der Waals surface area contributed by atoms with Crippen LogP contribution in [0.25, 0.3) is 0 Å². The number of nitrogens with zero attached hydrogens (tertiary/aromatic N) is 3. The molecule has 2 rings (SSSR count). The number of carbonyl (C=O) groups excluding carboxylic acids is 1. The summed E-state index contributed by atoms with van der Waals surface area (Å²) in [4.78, 5) is 12.0. The van der Waals surface area contributed by atoms with Crippen LogP contribution in [0, 0.1) is 6.92 Å². The SMILES string of the molecule is C=CCn1c(C)nnc1SCC(=O)NCCc1ccc(S(N)(=O)=O)cc1. The summed E-state index contributed by atoms with van der Waals surface area (Å²) in [6.45, 7) is 6.59. The summed E-state index contributed by atoms with van der Waals surface area (Å²) in [7, 11) is -3.68. The molecule has 1 heterocycles. The van der Waals surface area contributed by atoms with Gasteiger partial charge in [0, 0.05) is 13.1 Å². The minimum atomic E-state index is -3.68. The van der Waals surface area contributed by atoms with Gasteiger partial charge in [-0.1, -0.05) is 30.0 Å². The molecule has 0 atom stereocenters. The smallest absolute Gasteiger partial charge is 0.238 e. The highest BCUT2D eigenvalue weighted by molar-refractivity contribution is 7.99. The Bertz CT molecular complexity index is 876. The molecule has 0 bridgehead atoms. The van der Waals surface area contributed by atoms with E-state index < -0.39 is 10.0 Å². The third kappa shape index (κ3) is 5.68. The lowest BCUT2D eigenvalue weighted by molar-refractivity contribution is -0.118. The van der Waals surface area contributed by atoms with Crippen LogP contribution < -0.4 is 10.5 Å². The number of benzene rings is 1. The Balaban J connectivity index is 1.78. The molecule has 0 saturated heterocycles. The van der Waals surface area contributed by atoms with E-state index in [0.29, 0.717) is 24.7 Å². The number of allylic oxidation sites excluding steroid dienone is 1. The first-order valence-electron chi connectivity index (χ1n) is 7.83. The molecule has 26 heavy (non-hydrogen) atoms. The van der Waals surface area contributed by atoms with Crippen molar-refractivity contribution in [1.29, 1.82) is 0 Å². The number of hydrogen-bond acceptors (Lipinski definition) is 6. The Morgan fingerprint density at radius 1 is 1.35 bits per heavy atom. The van der Waals surface area contributed by atoms with Gasteiger partial charge < -0.3 is 9.88 Å². The predicted octanol–water partition coefficient (Wildman–Crippen LogP) is 0.871. The van der Waals surface area contributed by atoms with Crippen molar-refractivity contribution in [1.82, 2.24) is 20.1 Å². The van der Waals surface area contributed by atoms with Gasteiger partial charge in [0.15, 0.2) is 5.16 Å². The van der Waals surface area contributed by atoms with Crippen molar-refractivity contribution in [3.05, 3.63) is 48.3 Å². The Morgan fingerprint density at radius 2 is 2.04 bits per heavy atom. The van der Waals surface area contributed by atoms with Crippen LogP contribution in [0.15, 0.2) is 47.0 Å². The van der Waals surface area contributed by atoms with Crippen LogP contribution >= 0.6 is 11.8 Å². The molecule has 0 aliphatic rings. The second-order valence-electron chi connectivity index (χ2n) is 5.51. The summed E-state index contributed by atoms with van der Waals surface area (Å²) in [5.41, 5.74) is 0.909. The zero-order valence-corrected chi connectivity index (χ0v) is 16.0. The van der Waals surface area contributed by atoms with Crippen molar-refractivity contribution >= 4 is 27.7 Å². The second-order valence-corrected chi connectivity index (χ2v) is 8.01. The van der Waals surface area contributed by atoms with E-state index in [2.05, 4.69) is 22.1 Å². The highest BCUT2D eigenvalue weighted by Gasteiger charge is 2.11. The number of rotatable bonds is 9. The molecular weight excluding hydrogens is 374 g/mol. The number of amides is 1. The van der Waals surface area contributed by atoms with Crippen LogP contribution in [0.5, 0.6) is 0 Å². The standard InChI is InChI=1S/C16H21N5O3S2/c1-3-10-21-12(2)19-20-16(21)25-11-15(22)18-9-8-13-4-6-14(7-5-13)26(17,23)24/h3-7H,1,8-11H2,2H3,(H,18,22)(H2,17,23,24). The largest absolute Gasteiger partial charge is 0.355 e. The molecule has 0 aliphatic carbocycles. The first-order chi connectivity index (χ1) is 12.3. The van der Waals surface area contributed by atoms with Crippen molar-refractivity contribution < 1.29 is 13.2 Å². The maximum Gasteiger partial charge on any atom is 0.238 e. The van der Waals surface area contributed by atoms with Gasteiger partial charge in [0.05, 0.1) is 10.6 Å². The van der Waals surface area contributed by atoms with Crippen LogP contribution in [0.3, 0.4) is 0 Å². The van der Waals surface area contributed by atoms with Gasteiger partial charge in [-0.25, -0.2) is 13.6 Å². The zero-order valence-electron chi connectivity index (χ0n) is 14.4. The Labute approximate surface area is 156 Å². The highest BCUT2D eigenvalue weighted by atomic mass is 32.2. The fourth-order valence-corrected chi connectivity index (χ4v) is 3.52. The molecule has 1 aromatic heterocycles. The predicted molar refractivity (Wildman–Crippen MR) is 100 cm³/mol. The molecule has 0 spiro atoms. The zero-order chi connectivity index (χ0) is 19.2. The lowest BCUT2D eigenvalue weighted by Gasteiger charge is -2.07. The normalized spacial score (nSPS) is 11.3. The summed E-state index contributed by atoms with van der Waals surface area (Å²) >= 11 is 1.32. The van der Waals surface area contributed by atoms with E-state index in [0.717, 1.165) is 11.4 Å². The molecule has 1 amide bonds. The Morgan fingerprint density at radius 3 is 2.65 bits per heavy atom. The van der Waals surface area contributed by atoms with E-state index in [4.69, 9.17) is 5.14 Å². The number of nitrogens with two attached hydrogens (primary N) is 1. The third-order valence-electron chi connectivity index (χ3n) is 3.53. The first-order valence-corrected chi connectivity index (χ1v) is 10.4. The van der Waals surface area contributed by atoms with Gasteiger partial charge in [-0.05, 0) is 31.0 Å². The number of sulfonamides is 1. The van der Waals surface area contributed by atoms with Gasteiger partial charge in [-0.2, -0.15) is 0 Å². The summed E-state index contributed by atoms with van der Waals surface area (Å²) in [5, 5.41) is 16.6. The van der Waals surface area contributed by atoms with Crippen LogP contribution in [-0.2, 0) is 27.8 Å². The van der Waals surface area contributed by atoms with E-state index in [9.17, 15) is 13.2 Å². The molecule has 0 aliphatic heterocycles. The number of primary sulfonamides is 1. The average molecular weight is 396 g/mol. The van der Waals surface area contributed by atoms with Crippen molar-refractivity contribution in [2.24, 2.45) is 5.14 Å². The minimum absolute atomic E-state index is 0.0700. The maximum absolute atomic E-state index is 12.0. The molecule has 0 radical (unpaired) electrons. The molecule has 3 N–H and O–H groups in total. The van der Waals surface area contributed by atoms with Crippen LogP contribution in [0.4, 0.5) is 0 Å². The fourth-order valence-electron chi connectivity index (χ4n) is 2.18. The van der Waals surface area contributed by atoms with Crippen molar-refractivity contribution in [3.63, 3.8) is 0 Å². The second kappa shape index (κ2) is 8.97. The number of aryl methyl sites for hydroxylation is 1. The van der Waals surface area contributed by atoms with E-state index in [-0.39, 0.29) is 16.6 Å². The van der Waals surface area contributed by atoms with E-state index in [1.54, 1.807) is 18.2 Å². The Hall–Kier alpha value is -2.17. The van der Waals surface area contributed by atoms with E-state index in [1.807, 2.05) is 11.5 Å². The first kappa shape index (κ1) is 20.1. The number of nitrogens with one attached hydrogen (secondary N) is 1. The summed E-state index contributed by atoms with van der Waals surface area (Å²) in [6, 6.07) is 6.27. The van der Waals surface area contributed by atoms with E-state index in [1.165, 1.54) is 23.9 Å². The van der Waals surface area contributed by atoms with Gasteiger partial charge in [0.25, 0.3) is 0 Å². The number of aromatic nitrogens is 3. The summed E-state index contributed by atoms with van der Waals surface area (Å²) in [6.07, 6.45) is 2.34. The van der Waals surface area contributed by atoms with Gasteiger partial charge in [0.1, 0.15) is 5.82 Å². The van der Waals surface area contributed by atoms with Crippen LogP contribution in [0.2, 0.25) is 0 Å². The molecular formula is C16H21N5O3S2. The van der Waals surface area contributed by atoms with Crippen molar-refractivity contribution in [3.8, 4) is 0 Å². The van der Waals surface area contributed by atoms with Crippen molar-refractivity contribution in [2.75, 3.05) is 12.3 Å². The number of carbonyl (C=O) groups is 1. The molecule has 2 aromatic rings. The van der Waals surface area contributed by atoms with E-state index >= 15 is 0 Å². The fraction of sp³-hybridized carbons (Fsp3) is 0.312. The summed E-state index contributed by atoms with van der Waals surface area (Å²) in [5.74, 6) is 0.900. The van der Waals surface area contributed by atoms with Gasteiger partial charge in [-0.15, -0.1) is 16.8 Å². The van der Waals surface area contributed by atoms with Crippen molar-refractivity contribution in [2.45, 2.75) is 29.9 Å². The van der Waals surface area contributed by atoms with Gasteiger partial charge in [0.2, 0.25) is 15.9 Å². The molecule has 1 aromatic carbocycles. The third-order valence-corrected chi connectivity index (χ3v) is 5.43. The topological polar surface area (TPSA) is 120 Å².